The molecule has 2 saturated heterocycles. The Labute approximate surface area is 221 Å². The lowest BCUT2D eigenvalue weighted by Gasteiger charge is -2.41. The van der Waals surface area contributed by atoms with Crippen molar-refractivity contribution in [3.05, 3.63) is 52.9 Å². The molecule has 0 amide bonds. The number of fused-ring (bicyclic) bond motifs is 1. The van der Waals surface area contributed by atoms with Gasteiger partial charge in [-0.1, -0.05) is 17.8 Å². The van der Waals surface area contributed by atoms with Gasteiger partial charge in [-0.2, -0.15) is 0 Å². The van der Waals surface area contributed by atoms with Crippen LogP contribution in [0.25, 0.3) is 0 Å². The molecule has 6 rings (SSSR count). The van der Waals surface area contributed by atoms with Gasteiger partial charge >= 0.3 is 0 Å². The van der Waals surface area contributed by atoms with Gasteiger partial charge in [-0.3, -0.25) is 4.79 Å². The molecule has 0 radical (unpaired) electrons. The van der Waals surface area contributed by atoms with Crippen LogP contribution in [0.3, 0.4) is 0 Å². The molecule has 0 spiro atoms. The number of nitrogen functional groups attached to an aromatic ring is 1. The van der Waals surface area contributed by atoms with Crippen molar-refractivity contribution in [2.75, 3.05) is 55.3 Å². The summed E-state index contributed by atoms with van der Waals surface area (Å²) in [6, 6.07) is 14.4. The van der Waals surface area contributed by atoms with Crippen LogP contribution in [0.2, 0.25) is 0 Å². The monoisotopic (exact) mass is 519 g/mol. The van der Waals surface area contributed by atoms with Gasteiger partial charge in [0.15, 0.2) is 16.6 Å². The summed E-state index contributed by atoms with van der Waals surface area (Å²) >= 11 is 1.26. The second-order valence-electron chi connectivity index (χ2n) is 9.91. The number of ether oxygens (including phenoxy) is 2. The number of nitrogens with zero attached hydrogens (tertiary/aromatic N) is 3. The normalized spacial score (nSPS) is 18.5. The summed E-state index contributed by atoms with van der Waals surface area (Å²) in [7, 11) is 0. The fourth-order valence-corrected chi connectivity index (χ4v) is 6.38. The van der Waals surface area contributed by atoms with E-state index in [-0.39, 0.29) is 11.6 Å². The maximum Gasteiger partial charge on any atom is 0.206 e. The Balaban J connectivity index is 1.08. The molecule has 37 heavy (non-hydrogen) atoms. The van der Waals surface area contributed by atoms with E-state index in [1.807, 2.05) is 0 Å². The van der Waals surface area contributed by atoms with Gasteiger partial charge in [-0.25, -0.2) is 4.98 Å². The van der Waals surface area contributed by atoms with Crippen molar-refractivity contribution in [1.29, 1.82) is 0 Å². The first-order valence-corrected chi connectivity index (χ1v) is 14.0. The standard InChI is InChI=1S/C28H33N5O3S/c29-27-26(25(34)19-4-9-23-24(18-19)36-17-16-35-23)37-28(31-27)30-20-5-7-21(8-6-20)33-14-10-22(11-15-33)32-12-2-1-3-13-32/h4-9,18,22H,1-3,10-17,29H2,(H,30,31). The maximum atomic E-state index is 13.1. The van der Waals surface area contributed by atoms with Gasteiger partial charge in [0.1, 0.15) is 23.9 Å². The number of benzene rings is 2. The smallest absolute Gasteiger partial charge is 0.206 e. The van der Waals surface area contributed by atoms with Crippen LogP contribution in [0.4, 0.5) is 22.3 Å². The van der Waals surface area contributed by atoms with E-state index in [1.165, 1.54) is 62.2 Å². The molecule has 2 aromatic carbocycles. The van der Waals surface area contributed by atoms with E-state index in [9.17, 15) is 4.79 Å². The molecule has 0 saturated carbocycles. The van der Waals surface area contributed by atoms with E-state index >= 15 is 0 Å². The number of anilines is 4. The van der Waals surface area contributed by atoms with Crippen molar-refractivity contribution in [3.8, 4) is 11.5 Å². The highest BCUT2D eigenvalue weighted by molar-refractivity contribution is 7.18. The van der Waals surface area contributed by atoms with Crippen LogP contribution in [0.1, 0.15) is 47.3 Å². The molecule has 3 aliphatic heterocycles. The highest BCUT2D eigenvalue weighted by atomic mass is 32.1. The number of hydrogen-bond acceptors (Lipinski definition) is 9. The second-order valence-corrected chi connectivity index (χ2v) is 10.9. The summed E-state index contributed by atoms with van der Waals surface area (Å²) in [6.45, 7) is 5.73. The average molecular weight is 520 g/mol. The zero-order valence-electron chi connectivity index (χ0n) is 20.9. The molecule has 9 heteroatoms. The van der Waals surface area contributed by atoms with Crippen LogP contribution in [0, 0.1) is 0 Å². The first-order chi connectivity index (χ1) is 18.1. The lowest BCUT2D eigenvalue weighted by atomic mass is 9.99. The molecule has 3 aromatic rings. The van der Waals surface area contributed by atoms with Crippen molar-refractivity contribution in [2.45, 2.75) is 38.1 Å². The third-order valence-corrected chi connectivity index (χ3v) is 8.50. The Morgan fingerprint density at radius 2 is 1.68 bits per heavy atom. The minimum absolute atomic E-state index is 0.177. The second kappa shape index (κ2) is 10.6. The van der Waals surface area contributed by atoms with Crippen LogP contribution < -0.4 is 25.4 Å². The van der Waals surface area contributed by atoms with Crippen molar-refractivity contribution >= 4 is 39.4 Å². The van der Waals surface area contributed by atoms with Gasteiger partial charge in [0, 0.05) is 36.1 Å². The fraction of sp³-hybridized carbons (Fsp3) is 0.429. The maximum absolute atomic E-state index is 13.1. The van der Waals surface area contributed by atoms with Gasteiger partial charge in [-0.15, -0.1) is 0 Å². The van der Waals surface area contributed by atoms with Crippen molar-refractivity contribution in [3.63, 3.8) is 0 Å². The average Bonchev–Trinajstić information content (AvgIpc) is 3.33. The summed E-state index contributed by atoms with van der Waals surface area (Å²) in [5.74, 6) is 1.27. The molecule has 0 atom stereocenters. The highest BCUT2D eigenvalue weighted by Gasteiger charge is 2.26. The predicted molar refractivity (Wildman–Crippen MR) is 148 cm³/mol. The number of carbonyl (C=O) groups excluding carboxylic acids is 1. The third-order valence-electron chi connectivity index (χ3n) is 7.52. The van der Waals surface area contributed by atoms with E-state index < -0.39 is 0 Å². The third kappa shape index (κ3) is 5.24. The fourth-order valence-electron chi connectivity index (χ4n) is 5.52. The summed E-state index contributed by atoms with van der Waals surface area (Å²) in [5.41, 5.74) is 8.79. The lowest BCUT2D eigenvalue weighted by molar-refractivity contribution is 0.104. The number of likely N-dealkylation sites (tertiary alicyclic amines) is 1. The Morgan fingerprint density at radius 3 is 2.43 bits per heavy atom. The number of thiazole rings is 1. The summed E-state index contributed by atoms with van der Waals surface area (Å²) < 4.78 is 11.2. The van der Waals surface area contributed by atoms with Crippen LogP contribution in [0.15, 0.2) is 42.5 Å². The molecule has 1 aromatic heterocycles. The Bertz CT molecular complexity index is 1250. The molecule has 4 heterocycles. The Kier molecular flexibility index (Phi) is 6.89. The highest BCUT2D eigenvalue weighted by Crippen LogP contribution is 2.35. The number of carbonyl (C=O) groups is 1. The molecule has 3 aliphatic rings. The summed E-state index contributed by atoms with van der Waals surface area (Å²) in [4.78, 5) is 23.1. The molecule has 2 fully saturated rings. The lowest BCUT2D eigenvalue weighted by Crippen LogP contribution is -2.46. The molecular formula is C28H33N5O3S. The number of rotatable bonds is 6. The summed E-state index contributed by atoms with van der Waals surface area (Å²) in [5, 5.41) is 3.90. The SMILES string of the molecule is Nc1nc(Nc2ccc(N3CCC(N4CCCCC4)CC3)cc2)sc1C(=O)c1ccc2c(c1)OCCO2. The van der Waals surface area contributed by atoms with Crippen molar-refractivity contribution in [2.24, 2.45) is 0 Å². The molecule has 0 aliphatic carbocycles. The van der Waals surface area contributed by atoms with Crippen molar-refractivity contribution in [1.82, 2.24) is 9.88 Å². The topological polar surface area (TPSA) is 93.0 Å². The molecule has 194 valence electrons. The van der Waals surface area contributed by atoms with Crippen LogP contribution >= 0.6 is 11.3 Å². The number of ketones is 1. The van der Waals surface area contributed by atoms with Crippen LogP contribution in [-0.4, -0.2) is 61.1 Å². The Morgan fingerprint density at radius 1 is 0.946 bits per heavy atom. The minimum Gasteiger partial charge on any atom is -0.486 e. The van der Waals surface area contributed by atoms with E-state index in [4.69, 9.17) is 15.2 Å². The first kappa shape index (κ1) is 24.1. The number of hydrogen-bond donors (Lipinski definition) is 2. The van der Waals surface area contributed by atoms with Gasteiger partial charge in [-0.05, 0) is 81.2 Å². The zero-order chi connectivity index (χ0) is 25.2. The predicted octanol–water partition coefficient (Wildman–Crippen LogP) is 4.93. The molecule has 3 N–H and O–H groups in total. The van der Waals surface area contributed by atoms with E-state index in [1.54, 1.807) is 18.2 Å². The number of nitrogens with two attached hydrogens (primary N) is 1. The largest absolute Gasteiger partial charge is 0.486 e. The molecule has 0 bridgehead atoms. The number of aromatic nitrogens is 1. The molecule has 8 nitrogen and oxygen atoms in total. The quantitative estimate of drug-likeness (QED) is 0.443. The van der Waals surface area contributed by atoms with Gasteiger partial charge < -0.3 is 30.3 Å². The summed E-state index contributed by atoms with van der Waals surface area (Å²) in [6.07, 6.45) is 6.57. The first-order valence-electron chi connectivity index (χ1n) is 13.2. The minimum atomic E-state index is -0.177. The van der Waals surface area contributed by atoms with Crippen molar-refractivity contribution < 1.29 is 14.3 Å². The van der Waals surface area contributed by atoms with Crippen LogP contribution in [-0.2, 0) is 0 Å². The zero-order valence-corrected chi connectivity index (χ0v) is 21.8. The molecular weight excluding hydrogens is 486 g/mol. The van der Waals surface area contributed by atoms with E-state index in [0.717, 1.165) is 24.8 Å². The number of nitrogens with one attached hydrogen (secondary N) is 1. The van der Waals surface area contributed by atoms with Gasteiger partial charge in [0.05, 0.1) is 0 Å². The number of piperidine rings is 2. The van der Waals surface area contributed by atoms with E-state index in [0.29, 0.717) is 40.3 Å². The van der Waals surface area contributed by atoms with Crippen LogP contribution in [0.5, 0.6) is 11.5 Å². The van der Waals surface area contributed by atoms with Gasteiger partial charge in [0.2, 0.25) is 5.78 Å². The molecule has 0 unspecified atom stereocenters. The van der Waals surface area contributed by atoms with Gasteiger partial charge in [0.25, 0.3) is 0 Å². The Hall–Kier alpha value is -3.30. The van der Waals surface area contributed by atoms with E-state index in [2.05, 4.69) is 44.4 Å².